The molecule has 1 atom stereocenters. The second-order valence-electron chi connectivity index (χ2n) is 6.35. The molecular weight excluding hydrogens is 344 g/mol. The van der Waals surface area contributed by atoms with Gasteiger partial charge in [-0.05, 0) is 11.6 Å². The van der Waals surface area contributed by atoms with Crippen molar-refractivity contribution in [2.75, 3.05) is 5.32 Å². The molecule has 2 heterocycles. The lowest BCUT2D eigenvalue weighted by Gasteiger charge is -2.25. The van der Waals surface area contributed by atoms with Crippen LogP contribution in [-0.2, 0) is 22.4 Å². The number of aromatic nitrogens is 2. The van der Waals surface area contributed by atoms with Gasteiger partial charge in [-0.1, -0.05) is 53.7 Å². The summed E-state index contributed by atoms with van der Waals surface area (Å²) >= 11 is 0. The summed E-state index contributed by atoms with van der Waals surface area (Å²) in [4.78, 5) is 28.7. The zero-order chi connectivity index (χ0) is 18.6. The highest BCUT2D eigenvalue weighted by atomic mass is 16.5. The largest absolute Gasteiger partial charge is 0.344 e. The van der Waals surface area contributed by atoms with Crippen LogP contribution in [0.3, 0.4) is 0 Å². The molecule has 3 aromatic rings. The molecule has 2 aromatic carbocycles. The van der Waals surface area contributed by atoms with Gasteiger partial charge in [0.2, 0.25) is 23.5 Å². The first-order valence-corrected chi connectivity index (χ1v) is 8.75. The number of hydrogen-bond acceptors (Lipinski definition) is 5. The highest BCUT2D eigenvalue weighted by Crippen LogP contribution is 2.22. The maximum Gasteiger partial charge on any atom is 0.247 e. The van der Waals surface area contributed by atoms with E-state index in [-0.39, 0.29) is 18.2 Å². The Labute approximate surface area is 155 Å². The smallest absolute Gasteiger partial charge is 0.247 e. The molecule has 0 fully saturated rings. The molecule has 1 aromatic heterocycles. The third kappa shape index (κ3) is 3.87. The third-order valence-corrected chi connectivity index (χ3v) is 4.42. The van der Waals surface area contributed by atoms with Crippen LogP contribution in [-0.4, -0.2) is 28.0 Å². The number of anilines is 1. The number of aryl methyl sites for hydroxylation is 1. The summed E-state index contributed by atoms with van der Waals surface area (Å²) < 4.78 is 5.21. The van der Waals surface area contributed by atoms with E-state index in [1.165, 1.54) is 0 Å². The summed E-state index contributed by atoms with van der Waals surface area (Å²) in [7, 11) is 0. The molecule has 136 valence electrons. The van der Waals surface area contributed by atoms with E-state index in [0.717, 1.165) is 16.8 Å². The molecule has 2 N–H and O–H groups in total. The molecule has 0 bridgehead atoms. The van der Waals surface area contributed by atoms with Crippen LogP contribution in [0.1, 0.15) is 17.9 Å². The predicted octanol–water partition coefficient (Wildman–Crippen LogP) is 2.35. The van der Waals surface area contributed by atoms with Gasteiger partial charge in [0.25, 0.3) is 0 Å². The lowest BCUT2D eigenvalue weighted by atomic mass is 9.99. The maximum absolute atomic E-state index is 12.2. The highest BCUT2D eigenvalue weighted by molar-refractivity contribution is 6.00. The summed E-state index contributed by atoms with van der Waals surface area (Å²) in [5.74, 6) is 0.455. The number of amides is 2. The van der Waals surface area contributed by atoms with E-state index in [4.69, 9.17) is 4.52 Å². The van der Waals surface area contributed by atoms with Crippen molar-refractivity contribution in [1.29, 1.82) is 0 Å². The quantitative estimate of drug-likeness (QED) is 0.726. The van der Waals surface area contributed by atoms with Crippen LogP contribution < -0.4 is 10.6 Å². The normalized spacial score (nSPS) is 15.7. The van der Waals surface area contributed by atoms with Gasteiger partial charge in [-0.3, -0.25) is 9.59 Å². The zero-order valence-electron chi connectivity index (χ0n) is 14.5. The van der Waals surface area contributed by atoms with Crippen LogP contribution in [0.5, 0.6) is 0 Å². The van der Waals surface area contributed by atoms with Gasteiger partial charge < -0.3 is 15.2 Å². The third-order valence-electron chi connectivity index (χ3n) is 4.42. The Morgan fingerprint density at radius 2 is 1.93 bits per heavy atom. The monoisotopic (exact) mass is 362 g/mol. The van der Waals surface area contributed by atoms with E-state index in [9.17, 15) is 9.59 Å². The number of carbonyl (C=O) groups excluding carboxylic acids is 2. The first kappa shape index (κ1) is 17.0. The fourth-order valence-electron chi connectivity index (χ4n) is 3.02. The van der Waals surface area contributed by atoms with Crippen LogP contribution in [0, 0.1) is 0 Å². The number of nitrogens with one attached hydrogen (secondary N) is 2. The van der Waals surface area contributed by atoms with Crippen LogP contribution in [0.15, 0.2) is 59.1 Å². The highest BCUT2D eigenvalue weighted by Gasteiger charge is 2.27. The number of para-hydroxylation sites is 1. The van der Waals surface area contributed by atoms with Gasteiger partial charge in [0.05, 0.1) is 0 Å². The minimum absolute atomic E-state index is 0.169. The lowest BCUT2D eigenvalue weighted by molar-refractivity contribution is -0.126. The molecule has 1 aliphatic rings. The Hall–Kier alpha value is -3.48. The molecule has 1 aliphatic heterocycles. The first-order chi connectivity index (χ1) is 13.2. The summed E-state index contributed by atoms with van der Waals surface area (Å²) in [5.41, 5.74) is 2.66. The molecule has 0 aliphatic carbocycles. The van der Waals surface area contributed by atoms with Gasteiger partial charge >= 0.3 is 0 Å². The standard InChI is InChI=1S/C20H18N4O3/c25-17(21-16-12-14-8-4-5-9-15(14)22-20(16)26)10-11-18-23-19(24-27-18)13-6-2-1-3-7-13/h1-9,16H,10-12H2,(H,21,25)(H,22,26)/t16-/m0/s1. The SMILES string of the molecule is O=C(CCc1nc(-c2ccccc2)no1)N[C@H]1Cc2ccccc2NC1=O. The number of hydrogen-bond donors (Lipinski definition) is 2. The summed E-state index contributed by atoms with van der Waals surface area (Å²) in [6.07, 6.45) is 0.963. The molecule has 27 heavy (non-hydrogen) atoms. The van der Waals surface area contributed by atoms with E-state index in [0.29, 0.717) is 24.6 Å². The van der Waals surface area contributed by atoms with Gasteiger partial charge in [0, 0.05) is 30.5 Å². The van der Waals surface area contributed by atoms with Crippen LogP contribution in [0.2, 0.25) is 0 Å². The van der Waals surface area contributed by atoms with Gasteiger partial charge in [0.15, 0.2) is 0 Å². The number of benzene rings is 2. The zero-order valence-corrected chi connectivity index (χ0v) is 14.5. The molecule has 0 unspecified atom stereocenters. The van der Waals surface area contributed by atoms with Gasteiger partial charge in [-0.25, -0.2) is 0 Å². The van der Waals surface area contributed by atoms with E-state index >= 15 is 0 Å². The number of carbonyl (C=O) groups is 2. The minimum atomic E-state index is -0.574. The Kier molecular flexibility index (Phi) is 4.65. The minimum Gasteiger partial charge on any atom is -0.344 e. The maximum atomic E-state index is 12.2. The molecule has 0 radical (unpaired) electrons. The van der Waals surface area contributed by atoms with Gasteiger partial charge in [-0.2, -0.15) is 4.98 Å². The van der Waals surface area contributed by atoms with Crippen LogP contribution in [0.4, 0.5) is 5.69 Å². The molecule has 7 nitrogen and oxygen atoms in total. The Bertz CT molecular complexity index is 968. The lowest BCUT2D eigenvalue weighted by Crippen LogP contribution is -2.47. The van der Waals surface area contributed by atoms with Crippen LogP contribution in [0.25, 0.3) is 11.4 Å². The molecule has 0 spiro atoms. The molecule has 2 amide bonds. The van der Waals surface area contributed by atoms with Gasteiger partial charge in [-0.15, -0.1) is 0 Å². The molecule has 0 saturated carbocycles. The van der Waals surface area contributed by atoms with Crippen molar-refractivity contribution in [3.05, 3.63) is 66.1 Å². The van der Waals surface area contributed by atoms with E-state index in [2.05, 4.69) is 20.8 Å². The Morgan fingerprint density at radius 3 is 2.78 bits per heavy atom. The van der Waals surface area contributed by atoms with E-state index in [1.807, 2.05) is 54.6 Å². The van der Waals surface area contributed by atoms with Crippen molar-refractivity contribution in [2.45, 2.75) is 25.3 Å². The molecule has 4 rings (SSSR count). The summed E-state index contributed by atoms with van der Waals surface area (Å²) in [6, 6.07) is 16.5. The number of fused-ring (bicyclic) bond motifs is 1. The van der Waals surface area contributed by atoms with Gasteiger partial charge in [0.1, 0.15) is 6.04 Å². The Balaban J connectivity index is 1.33. The average Bonchev–Trinajstić information content (AvgIpc) is 3.17. The van der Waals surface area contributed by atoms with Crippen LogP contribution >= 0.6 is 0 Å². The molecule has 7 heteroatoms. The number of nitrogens with zero attached hydrogens (tertiary/aromatic N) is 2. The average molecular weight is 362 g/mol. The summed E-state index contributed by atoms with van der Waals surface area (Å²) in [6.45, 7) is 0. The Morgan fingerprint density at radius 1 is 1.15 bits per heavy atom. The second-order valence-corrected chi connectivity index (χ2v) is 6.35. The van der Waals surface area contributed by atoms with Crippen molar-refractivity contribution in [3.63, 3.8) is 0 Å². The fourth-order valence-corrected chi connectivity index (χ4v) is 3.02. The van der Waals surface area contributed by atoms with Crippen molar-refractivity contribution in [2.24, 2.45) is 0 Å². The topological polar surface area (TPSA) is 97.1 Å². The first-order valence-electron chi connectivity index (χ1n) is 8.75. The molecule has 0 saturated heterocycles. The predicted molar refractivity (Wildman–Crippen MR) is 98.8 cm³/mol. The fraction of sp³-hybridized carbons (Fsp3) is 0.200. The van der Waals surface area contributed by atoms with Crippen molar-refractivity contribution in [1.82, 2.24) is 15.5 Å². The second kappa shape index (κ2) is 7.41. The molecular formula is C20H18N4O3. The van der Waals surface area contributed by atoms with Crippen molar-refractivity contribution >= 4 is 17.5 Å². The number of rotatable bonds is 5. The summed E-state index contributed by atoms with van der Waals surface area (Å²) in [5, 5.41) is 9.53. The van der Waals surface area contributed by atoms with E-state index < -0.39 is 6.04 Å². The van der Waals surface area contributed by atoms with E-state index in [1.54, 1.807) is 0 Å². The van der Waals surface area contributed by atoms with Crippen molar-refractivity contribution in [3.8, 4) is 11.4 Å². The van der Waals surface area contributed by atoms with Crippen molar-refractivity contribution < 1.29 is 14.1 Å².